The third-order valence-electron chi connectivity index (χ3n) is 4.70. The summed E-state index contributed by atoms with van der Waals surface area (Å²) in [6, 6.07) is 7.63. The second-order valence-electron chi connectivity index (χ2n) is 6.81. The maximum absolute atomic E-state index is 13.0. The van der Waals surface area contributed by atoms with Crippen LogP contribution in [0.2, 0.25) is 0 Å². The molecule has 1 aromatic carbocycles. The monoisotopic (exact) mass is 416 g/mol. The molecule has 1 N–H and O–H groups in total. The Hall–Kier alpha value is -3.49. The van der Waals surface area contributed by atoms with Gasteiger partial charge in [0.2, 0.25) is 0 Å². The molecule has 6 nitrogen and oxygen atoms in total. The van der Waals surface area contributed by atoms with Crippen LogP contribution in [0.1, 0.15) is 45.8 Å². The van der Waals surface area contributed by atoms with Crippen LogP contribution in [0.5, 0.6) is 0 Å². The van der Waals surface area contributed by atoms with Crippen molar-refractivity contribution in [2.45, 2.75) is 33.0 Å². The molecular formula is C21H19F3N4O2. The van der Waals surface area contributed by atoms with E-state index in [1.807, 2.05) is 0 Å². The third kappa shape index (κ3) is 4.24. The fourth-order valence-electron chi connectivity index (χ4n) is 3.15. The van der Waals surface area contributed by atoms with E-state index in [0.29, 0.717) is 0 Å². The minimum absolute atomic E-state index is 0.0619. The second kappa shape index (κ2) is 8.10. The number of nitrogens with one attached hydrogen (secondary N) is 1. The number of hydrogen-bond acceptors (Lipinski definition) is 4. The first-order valence-electron chi connectivity index (χ1n) is 9.08. The van der Waals surface area contributed by atoms with E-state index in [1.165, 1.54) is 30.7 Å². The van der Waals surface area contributed by atoms with Crippen molar-refractivity contribution in [2.75, 3.05) is 0 Å². The number of rotatable bonds is 5. The van der Waals surface area contributed by atoms with Gasteiger partial charge in [-0.2, -0.15) is 18.3 Å². The Labute approximate surface area is 170 Å². The molecule has 0 aliphatic carbocycles. The highest BCUT2D eigenvalue weighted by atomic mass is 19.4. The summed E-state index contributed by atoms with van der Waals surface area (Å²) < 4.78 is 40.3. The first-order chi connectivity index (χ1) is 14.1. The molecule has 0 saturated carbocycles. The van der Waals surface area contributed by atoms with Gasteiger partial charge < -0.3 is 5.32 Å². The molecule has 0 aliphatic heterocycles. The Bertz CT molecular complexity index is 1090. The molecule has 2 heterocycles. The number of aryl methyl sites for hydroxylation is 1. The number of alkyl halides is 3. The van der Waals surface area contributed by atoms with E-state index in [9.17, 15) is 22.8 Å². The van der Waals surface area contributed by atoms with Gasteiger partial charge >= 0.3 is 6.18 Å². The van der Waals surface area contributed by atoms with Gasteiger partial charge in [0.15, 0.2) is 0 Å². The van der Waals surface area contributed by atoms with Crippen molar-refractivity contribution in [1.82, 2.24) is 20.1 Å². The predicted octanol–water partition coefficient (Wildman–Crippen LogP) is 3.96. The summed E-state index contributed by atoms with van der Waals surface area (Å²) in [5.41, 5.74) is 0.690. The van der Waals surface area contributed by atoms with E-state index < -0.39 is 29.5 Å². The largest absolute Gasteiger partial charge is 0.416 e. The van der Waals surface area contributed by atoms with Crippen LogP contribution < -0.4 is 5.32 Å². The summed E-state index contributed by atoms with van der Waals surface area (Å²) in [5, 5.41) is 6.81. The molecule has 1 unspecified atom stereocenters. The van der Waals surface area contributed by atoms with E-state index in [-0.39, 0.29) is 22.6 Å². The molecule has 0 saturated heterocycles. The minimum Gasteiger partial charge on any atom is -0.343 e. The lowest BCUT2D eigenvalue weighted by Gasteiger charge is -2.13. The molecule has 3 rings (SSSR count). The maximum atomic E-state index is 13.0. The highest BCUT2D eigenvalue weighted by molar-refractivity contribution is 6.43. The number of hydrogen-bond donors (Lipinski definition) is 1. The van der Waals surface area contributed by atoms with E-state index in [4.69, 9.17) is 0 Å². The third-order valence-corrected chi connectivity index (χ3v) is 4.70. The summed E-state index contributed by atoms with van der Waals surface area (Å²) in [6.45, 7) is 4.79. The number of Topliss-reactive ketones (excluding diaryl/α,β-unsaturated/α-hetero) is 1. The van der Waals surface area contributed by atoms with E-state index in [2.05, 4.69) is 15.4 Å². The maximum Gasteiger partial charge on any atom is 0.416 e. The molecule has 0 spiro atoms. The molecule has 1 amide bonds. The van der Waals surface area contributed by atoms with Gasteiger partial charge in [-0.25, -0.2) is 4.68 Å². The lowest BCUT2D eigenvalue weighted by atomic mass is 10.1. The highest BCUT2D eigenvalue weighted by Gasteiger charge is 2.31. The Morgan fingerprint density at radius 1 is 1.10 bits per heavy atom. The van der Waals surface area contributed by atoms with Crippen LogP contribution in [0.15, 0.2) is 48.8 Å². The van der Waals surface area contributed by atoms with E-state index in [0.717, 1.165) is 17.7 Å². The molecule has 3 aromatic rings. The van der Waals surface area contributed by atoms with Crippen LogP contribution in [0, 0.1) is 13.8 Å². The first kappa shape index (κ1) is 21.2. The van der Waals surface area contributed by atoms with Crippen LogP contribution in [0.4, 0.5) is 13.2 Å². The van der Waals surface area contributed by atoms with Gasteiger partial charge in [0.25, 0.3) is 11.7 Å². The van der Waals surface area contributed by atoms with Crippen LogP contribution >= 0.6 is 0 Å². The number of aromatic nitrogens is 3. The minimum atomic E-state index is -4.51. The molecule has 156 valence electrons. The number of halogens is 3. The quantitative estimate of drug-likeness (QED) is 0.505. The summed E-state index contributed by atoms with van der Waals surface area (Å²) in [7, 11) is 0. The summed E-state index contributed by atoms with van der Waals surface area (Å²) in [4.78, 5) is 29.2. The molecule has 9 heteroatoms. The zero-order chi connectivity index (χ0) is 22.1. The summed E-state index contributed by atoms with van der Waals surface area (Å²) >= 11 is 0. The van der Waals surface area contributed by atoms with Crippen LogP contribution in [-0.2, 0) is 11.0 Å². The highest BCUT2D eigenvalue weighted by Crippen LogP contribution is 2.31. The van der Waals surface area contributed by atoms with Crippen LogP contribution in [0.3, 0.4) is 0 Å². The molecular weight excluding hydrogens is 397 g/mol. The van der Waals surface area contributed by atoms with Crippen molar-refractivity contribution in [3.63, 3.8) is 0 Å². The van der Waals surface area contributed by atoms with Crippen molar-refractivity contribution >= 4 is 11.7 Å². The molecule has 30 heavy (non-hydrogen) atoms. The van der Waals surface area contributed by atoms with Gasteiger partial charge in [-0.15, -0.1) is 0 Å². The molecule has 0 bridgehead atoms. The Morgan fingerprint density at radius 2 is 1.77 bits per heavy atom. The zero-order valence-corrected chi connectivity index (χ0v) is 16.5. The number of benzene rings is 1. The number of nitrogens with zero attached hydrogens (tertiary/aromatic N) is 3. The van der Waals surface area contributed by atoms with Gasteiger partial charge in [0.1, 0.15) is 0 Å². The second-order valence-corrected chi connectivity index (χ2v) is 6.81. The van der Waals surface area contributed by atoms with Gasteiger partial charge in [0.05, 0.1) is 34.2 Å². The van der Waals surface area contributed by atoms with Crippen molar-refractivity contribution in [3.8, 4) is 5.69 Å². The molecule has 1 atom stereocenters. The van der Waals surface area contributed by atoms with Crippen molar-refractivity contribution < 1.29 is 22.8 Å². The lowest BCUT2D eigenvalue weighted by molar-refractivity contribution is -0.137. The smallest absolute Gasteiger partial charge is 0.343 e. The number of carbonyl (C=O) groups is 2. The van der Waals surface area contributed by atoms with Crippen LogP contribution in [-0.4, -0.2) is 26.5 Å². The SMILES string of the molecule is Cc1nn(-c2cccc(C(F)(F)F)c2)c(C)c1C(=O)C(=O)NC(C)c1ccncc1. The average Bonchev–Trinajstić information content (AvgIpc) is 3.01. The van der Waals surface area contributed by atoms with Gasteiger partial charge in [-0.05, 0) is 56.7 Å². The molecule has 0 fully saturated rings. The molecule has 2 aromatic heterocycles. The predicted molar refractivity (Wildman–Crippen MR) is 103 cm³/mol. The zero-order valence-electron chi connectivity index (χ0n) is 16.5. The van der Waals surface area contributed by atoms with Crippen LogP contribution in [0.25, 0.3) is 5.69 Å². The molecule has 0 radical (unpaired) electrons. The number of pyridine rings is 1. The van der Waals surface area contributed by atoms with Crippen molar-refractivity contribution in [3.05, 3.63) is 76.9 Å². The Kier molecular flexibility index (Phi) is 5.73. The normalized spacial score (nSPS) is 12.5. The number of carbonyl (C=O) groups excluding carboxylic acids is 2. The Morgan fingerprint density at radius 3 is 2.40 bits per heavy atom. The Balaban J connectivity index is 1.88. The fraction of sp³-hybridized carbons (Fsp3) is 0.238. The summed E-state index contributed by atoms with van der Waals surface area (Å²) in [5.74, 6) is -1.63. The average molecular weight is 416 g/mol. The first-order valence-corrected chi connectivity index (χ1v) is 9.08. The number of amides is 1. The van der Waals surface area contributed by atoms with Crippen molar-refractivity contribution in [1.29, 1.82) is 0 Å². The standard InChI is InChI=1S/C21H19F3N4O2/c1-12(15-7-9-25-10-8-15)26-20(30)19(29)18-13(2)27-28(14(18)3)17-6-4-5-16(11-17)21(22,23)24/h4-12H,1-3H3,(H,26,30). The van der Waals surface area contributed by atoms with E-state index >= 15 is 0 Å². The van der Waals surface area contributed by atoms with Gasteiger partial charge in [-0.3, -0.25) is 14.6 Å². The van der Waals surface area contributed by atoms with Gasteiger partial charge in [0, 0.05) is 12.4 Å². The van der Waals surface area contributed by atoms with Gasteiger partial charge in [-0.1, -0.05) is 6.07 Å². The van der Waals surface area contributed by atoms with E-state index in [1.54, 1.807) is 31.5 Å². The number of ketones is 1. The lowest BCUT2D eigenvalue weighted by Crippen LogP contribution is -2.33. The van der Waals surface area contributed by atoms with Crippen molar-refractivity contribution in [2.24, 2.45) is 0 Å². The summed E-state index contributed by atoms with van der Waals surface area (Å²) in [6.07, 6.45) is -1.35. The topological polar surface area (TPSA) is 76.9 Å². The molecule has 0 aliphatic rings. The fourth-order valence-corrected chi connectivity index (χ4v) is 3.15.